The van der Waals surface area contributed by atoms with Crippen molar-refractivity contribution in [3.05, 3.63) is 18.2 Å². The molecule has 132 valence electrons. The first-order valence-corrected chi connectivity index (χ1v) is 8.69. The third kappa shape index (κ3) is 4.88. The molecule has 0 saturated carbocycles. The fourth-order valence-corrected chi connectivity index (χ4v) is 2.81. The number of nitrogens with one attached hydrogen (secondary N) is 2. The minimum absolute atomic E-state index is 0.110. The van der Waals surface area contributed by atoms with Gasteiger partial charge in [-0.15, -0.1) is 0 Å². The maximum Gasteiger partial charge on any atom is 0.319 e. The Morgan fingerprint density at radius 1 is 1.29 bits per heavy atom. The van der Waals surface area contributed by atoms with Crippen molar-refractivity contribution in [2.75, 3.05) is 30.4 Å². The Bertz CT molecular complexity index is 575. The van der Waals surface area contributed by atoms with E-state index in [0.29, 0.717) is 30.9 Å². The highest BCUT2D eigenvalue weighted by Gasteiger charge is 2.24. The Hall–Kier alpha value is -2.24. The summed E-state index contributed by atoms with van der Waals surface area (Å²) < 4.78 is 5.39. The molecule has 1 fully saturated rings. The minimum Gasteiger partial charge on any atom is -0.494 e. The number of carbonyl (C=O) groups is 2. The van der Waals surface area contributed by atoms with Crippen LogP contribution in [0.3, 0.4) is 0 Å². The van der Waals surface area contributed by atoms with Gasteiger partial charge in [-0.3, -0.25) is 4.79 Å². The van der Waals surface area contributed by atoms with E-state index in [1.165, 1.54) is 12.8 Å². The first-order chi connectivity index (χ1) is 11.7. The molecule has 0 aliphatic carbocycles. The van der Waals surface area contributed by atoms with Crippen LogP contribution in [-0.4, -0.2) is 32.1 Å². The van der Waals surface area contributed by atoms with Crippen LogP contribution in [-0.2, 0) is 4.79 Å². The molecule has 6 nitrogen and oxygen atoms in total. The smallest absolute Gasteiger partial charge is 0.319 e. The number of amides is 3. The summed E-state index contributed by atoms with van der Waals surface area (Å²) in [6, 6.07) is 5.13. The first-order valence-electron chi connectivity index (χ1n) is 8.69. The van der Waals surface area contributed by atoms with Crippen molar-refractivity contribution in [1.29, 1.82) is 0 Å². The molecule has 0 unspecified atom stereocenters. The van der Waals surface area contributed by atoms with Crippen LogP contribution in [0, 0.1) is 0 Å². The van der Waals surface area contributed by atoms with Crippen molar-refractivity contribution in [2.24, 2.45) is 0 Å². The van der Waals surface area contributed by atoms with Gasteiger partial charge in [-0.25, -0.2) is 4.79 Å². The van der Waals surface area contributed by atoms with E-state index in [9.17, 15) is 9.59 Å². The van der Waals surface area contributed by atoms with Crippen LogP contribution in [0.25, 0.3) is 0 Å². The highest BCUT2D eigenvalue weighted by molar-refractivity contribution is 5.97. The molecular weight excluding hydrogens is 306 g/mol. The normalized spacial score (nSPS) is 13.9. The van der Waals surface area contributed by atoms with Gasteiger partial charge in [-0.1, -0.05) is 26.2 Å². The molecule has 0 bridgehead atoms. The van der Waals surface area contributed by atoms with Crippen molar-refractivity contribution < 1.29 is 14.3 Å². The van der Waals surface area contributed by atoms with Crippen molar-refractivity contribution >= 4 is 23.3 Å². The molecule has 0 radical (unpaired) electrons. The number of anilines is 2. The van der Waals surface area contributed by atoms with Crippen molar-refractivity contribution in [3.63, 3.8) is 0 Å². The number of urea groups is 1. The van der Waals surface area contributed by atoms with Crippen molar-refractivity contribution in [2.45, 2.75) is 45.4 Å². The molecule has 0 aromatic heterocycles. The van der Waals surface area contributed by atoms with Gasteiger partial charge < -0.3 is 20.3 Å². The van der Waals surface area contributed by atoms with Crippen LogP contribution in [0.4, 0.5) is 16.2 Å². The summed E-state index contributed by atoms with van der Waals surface area (Å²) in [6.45, 7) is 3.54. The molecule has 1 aliphatic rings. The summed E-state index contributed by atoms with van der Waals surface area (Å²) in [7, 11) is 1.57. The standard InChI is InChI=1S/C18H27N3O3/c1-3-4-5-6-11-19-18(23)20-14-9-10-15(16(13-14)24-2)21-12-7-8-17(21)22/h9-10,13H,3-8,11-12H2,1-2H3,(H2,19,20,23). The zero-order chi connectivity index (χ0) is 17.4. The number of nitrogens with zero attached hydrogens (tertiary/aromatic N) is 1. The average Bonchev–Trinajstić information content (AvgIpc) is 3.00. The fourth-order valence-electron chi connectivity index (χ4n) is 2.81. The summed E-state index contributed by atoms with van der Waals surface area (Å²) in [5, 5.41) is 5.65. The number of hydrogen-bond acceptors (Lipinski definition) is 3. The van der Waals surface area contributed by atoms with Gasteiger partial charge in [-0.05, 0) is 25.0 Å². The number of ether oxygens (including phenoxy) is 1. The number of rotatable bonds is 8. The first kappa shape index (κ1) is 18.1. The van der Waals surface area contributed by atoms with Gasteiger partial charge in [0.1, 0.15) is 5.75 Å². The summed E-state index contributed by atoms with van der Waals surface area (Å²) >= 11 is 0. The number of methoxy groups -OCH3 is 1. The quantitative estimate of drug-likeness (QED) is 0.715. The molecule has 1 saturated heterocycles. The number of benzene rings is 1. The molecule has 24 heavy (non-hydrogen) atoms. The molecule has 2 rings (SSSR count). The maximum absolute atomic E-state index is 11.9. The van der Waals surface area contributed by atoms with Crippen LogP contribution in [0.15, 0.2) is 18.2 Å². The van der Waals surface area contributed by atoms with Gasteiger partial charge in [0.25, 0.3) is 0 Å². The predicted molar refractivity (Wildman–Crippen MR) is 95.7 cm³/mol. The van der Waals surface area contributed by atoms with Gasteiger partial charge in [-0.2, -0.15) is 0 Å². The largest absolute Gasteiger partial charge is 0.494 e. The zero-order valence-electron chi connectivity index (χ0n) is 14.6. The van der Waals surface area contributed by atoms with Gasteiger partial charge in [0, 0.05) is 31.3 Å². The lowest BCUT2D eigenvalue weighted by atomic mass is 10.2. The molecule has 6 heteroatoms. The van der Waals surface area contributed by atoms with E-state index >= 15 is 0 Å². The van der Waals surface area contributed by atoms with Crippen LogP contribution in [0.5, 0.6) is 5.75 Å². The minimum atomic E-state index is -0.224. The molecular formula is C18H27N3O3. The Labute approximate surface area is 143 Å². The van der Waals surface area contributed by atoms with Crippen molar-refractivity contribution in [1.82, 2.24) is 5.32 Å². The van der Waals surface area contributed by atoms with Gasteiger partial charge in [0.15, 0.2) is 0 Å². The van der Waals surface area contributed by atoms with Crippen LogP contribution >= 0.6 is 0 Å². The predicted octanol–water partition coefficient (Wildman–Crippen LogP) is 3.52. The number of carbonyl (C=O) groups excluding carboxylic acids is 2. The van der Waals surface area contributed by atoms with Crippen LogP contribution in [0.2, 0.25) is 0 Å². The third-order valence-corrected chi connectivity index (χ3v) is 4.12. The summed E-state index contributed by atoms with van der Waals surface area (Å²) in [6.07, 6.45) is 5.92. The highest BCUT2D eigenvalue weighted by Crippen LogP contribution is 2.33. The third-order valence-electron chi connectivity index (χ3n) is 4.12. The van der Waals surface area contributed by atoms with Gasteiger partial charge in [0.2, 0.25) is 5.91 Å². The van der Waals surface area contributed by atoms with Crippen molar-refractivity contribution in [3.8, 4) is 5.75 Å². The van der Waals surface area contributed by atoms with E-state index < -0.39 is 0 Å². The average molecular weight is 333 g/mol. The Kier molecular flexibility index (Phi) is 6.90. The SMILES string of the molecule is CCCCCCNC(=O)Nc1ccc(N2CCCC2=O)c(OC)c1. The van der Waals surface area contributed by atoms with Gasteiger partial charge in [0.05, 0.1) is 12.8 Å². The molecule has 0 atom stereocenters. The topological polar surface area (TPSA) is 70.7 Å². The van der Waals surface area contributed by atoms with E-state index in [0.717, 1.165) is 24.9 Å². The van der Waals surface area contributed by atoms with Crippen LogP contribution < -0.4 is 20.3 Å². The molecule has 1 aromatic rings. The number of unbranched alkanes of at least 4 members (excludes halogenated alkanes) is 3. The maximum atomic E-state index is 11.9. The second kappa shape index (κ2) is 9.15. The lowest BCUT2D eigenvalue weighted by Crippen LogP contribution is -2.29. The van der Waals surface area contributed by atoms with E-state index in [4.69, 9.17) is 4.74 Å². The van der Waals surface area contributed by atoms with E-state index in [1.807, 2.05) is 6.07 Å². The Morgan fingerprint density at radius 3 is 2.79 bits per heavy atom. The number of hydrogen-bond donors (Lipinski definition) is 2. The fraction of sp³-hybridized carbons (Fsp3) is 0.556. The molecule has 3 amide bonds. The van der Waals surface area contributed by atoms with E-state index in [2.05, 4.69) is 17.6 Å². The second-order valence-corrected chi connectivity index (χ2v) is 5.98. The highest BCUT2D eigenvalue weighted by atomic mass is 16.5. The monoisotopic (exact) mass is 333 g/mol. The Morgan fingerprint density at radius 2 is 2.12 bits per heavy atom. The molecule has 1 aromatic carbocycles. The molecule has 2 N–H and O–H groups in total. The molecule has 0 spiro atoms. The zero-order valence-corrected chi connectivity index (χ0v) is 14.6. The molecule has 1 heterocycles. The van der Waals surface area contributed by atoms with E-state index in [1.54, 1.807) is 24.1 Å². The van der Waals surface area contributed by atoms with E-state index in [-0.39, 0.29) is 11.9 Å². The molecule has 1 aliphatic heterocycles. The van der Waals surface area contributed by atoms with Crippen LogP contribution in [0.1, 0.15) is 45.4 Å². The lowest BCUT2D eigenvalue weighted by molar-refractivity contribution is -0.117. The summed E-state index contributed by atoms with van der Waals surface area (Å²) in [5.41, 5.74) is 1.40. The lowest BCUT2D eigenvalue weighted by Gasteiger charge is -2.19. The summed E-state index contributed by atoms with van der Waals surface area (Å²) in [5.74, 6) is 0.699. The summed E-state index contributed by atoms with van der Waals surface area (Å²) in [4.78, 5) is 25.5. The second-order valence-electron chi connectivity index (χ2n) is 5.98. The Balaban J connectivity index is 1.92. The van der Waals surface area contributed by atoms with Gasteiger partial charge >= 0.3 is 6.03 Å².